The lowest BCUT2D eigenvalue weighted by atomic mass is 10.2. The predicted molar refractivity (Wildman–Crippen MR) is 96.6 cm³/mol. The number of nitrogens with one attached hydrogen (secondary N) is 1. The minimum atomic E-state index is -3.73. The molecule has 2 aromatic carbocycles. The fourth-order valence-electron chi connectivity index (χ4n) is 2.54. The van der Waals surface area contributed by atoms with Crippen molar-refractivity contribution in [3.8, 4) is 0 Å². The van der Waals surface area contributed by atoms with Crippen molar-refractivity contribution in [3.63, 3.8) is 0 Å². The number of carbonyl (C=O) groups is 1. The van der Waals surface area contributed by atoms with Gasteiger partial charge in [0.2, 0.25) is 0 Å². The van der Waals surface area contributed by atoms with Gasteiger partial charge >= 0.3 is 0 Å². The van der Waals surface area contributed by atoms with E-state index >= 15 is 0 Å². The van der Waals surface area contributed by atoms with Gasteiger partial charge in [-0.2, -0.15) is 0 Å². The molecular weight excluding hydrogens is 364 g/mol. The first-order valence-electron chi connectivity index (χ1n) is 7.64. The highest BCUT2D eigenvalue weighted by atomic mass is 35.5. The Bertz CT molecular complexity index is 897. The van der Waals surface area contributed by atoms with Gasteiger partial charge in [-0.3, -0.25) is 9.52 Å². The molecule has 0 radical (unpaired) electrons. The highest BCUT2D eigenvalue weighted by Crippen LogP contribution is 2.24. The first-order chi connectivity index (χ1) is 11.9. The number of rotatable bonds is 4. The molecule has 0 atom stereocenters. The fraction of sp³-hybridized carbons (Fsp3) is 0.235. The van der Waals surface area contributed by atoms with Crippen molar-refractivity contribution < 1.29 is 17.9 Å². The Morgan fingerprint density at radius 1 is 1.16 bits per heavy atom. The summed E-state index contributed by atoms with van der Waals surface area (Å²) >= 11 is 5.89. The second kappa shape index (κ2) is 7.03. The van der Waals surface area contributed by atoms with Crippen molar-refractivity contribution in [1.29, 1.82) is 0 Å². The third-order valence-electron chi connectivity index (χ3n) is 3.88. The number of amides is 1. The standard InChI is InChI=1S/C17H17ClN2O4S/c1-12-10-13(18)2-7-16(12)19-25(22,23)15-5-3-14(4-6-15)20-8-9-24-11-17(20)21/h2-7,10,19H,8-9,11H2,1H3. The summed E-state index contributed by atoms with van der Waals surface area (Å²) in [5.74, 6) is -0.142. The normalized spacial score (nSPS) is 15.3. The largest absolute Gasteiger partial charge is 0.370 e. The number of ether oxygens (including phenoxy) is 1. The Hall–Kier alpha value is -2.09. The molecule has 0 bridgehead atoms. The summed E-state index contributed by atoms with van der Waals surface area (Å²) < 4.78 is 32.7. The molecular formula is C17H17ClN2O4S. The van der Waals surface area contributed by atoms with Crippen LogP contribution in [0.5, 0.6) is 0 Å². The molecule has 1 aliphatic heterocycles. The van der Waals surface area contributed by atoms with Crippen molar-refractivity contribution in [1.82, 2.24) is 0 Å². The average molecular weight is 381 g/mol. The summed E-state index contributed by atoms with van der Waals surface area (Å²) in [6.45, 7) is 2.73. The third kappa shape index (κ3) is 3.95. The quantitative estimate of drug-likeness (QED) is 0.884. The number of sulfonamides is 1. The van der Waals surface area contributed by atoms with E-state index in [-0.39, 0.29) is 17.4 Å². The number of hydrogen-bond donors (Lipinski definition) is 1. The van der Waals surface area contributed by atoms with Crippen LogP contribution in [0.3, 0.4) is 0 Å². The molecule has 0 unspecified atom stereocenters. The van der Waals surface area contributed by atoms with Gasteiger partial charge in [-0.15, -0.1) is 0 Å². The topological polar surface area (TPSA) is 75.7 Å². The van der Waals surface area contributed by atoms with Gasteiger partial charge < -0.3 is 9.64 Å². The maximum Gasteiger partial charge on any atom is 0.261 e. The van der Waals surface area contributed by atoms with Crippen LogP contribution in [-0.2, 0) is 19.6 Å². The molecule has 1 N–H and O–H groups in total. The lowest BCUT2D eigenvalue weighted by molar-refractivity contribution is -0.125. The molecule has 1 heterocycles. The maximum atomic E-state index is 12.5. The van der Waals surface area contributed by atoms with E-state index in [1.54, 1.807) is 42.2 Å². The second-order valence-electron chi connectivity index (χ2n) is 5.66. The van der Waals surface area contributed by atoms with Crippen LogP contribution in [0.1, 0.15) is 5.56 Å². The Labute approximate surface area is 151 Å². The lowest BCUT2D eigenvalue weighted by Crippen LogP contribution is -2.41. The van der Waals surface area contributed by atoms with Gasteiger partial charge in [-0.1, -0.05) is 11.6 Å². The maximum absolute atomic E-state index is 12.5. The van der Waals surface area contributed by atoms with Gasteiger partial charge in [0.25, 0.3) is 15.9 Å². The third-order valence-corrected chi connectivity index (χ3v) is 5.49. The van der Waals surface area contributed by atoms with Crippen molar-refractivity contribution >= 4 is 38.9 Å². The molecule has 1 aliphatic rings. The monoisotopic (exact) mass is 380 g/mol. The highest BCUT2D eigenvalue weighted by Gasteiger charge is 2.21. The van der Waals surface area contributed by atoms with Crippen LogP contribution in [0.2, 0.25) is 5.02 Å². The van der Waals surface area contributed by atoms with Gasteiger partial charge in [-0.25, -0.2) is 8.42 Å². The molecule has 3 rings (SSSR count). The molecule has 2 aromatic rings. The SMILES string of the molecule is Cc1cc(Cl)ccc1NS(=O)(=O)c1ccc(N2CCOCC2=O)cc1. The lowest BCUT2D eigenvalue weighted by Gasteiger charge is -2.26. The Morgan fingerprint density at radius 3 is 2.52 bits per heavy atom. The van der Waals surface area contributed by atoms with Crippen LogP contribution in [-0.4, -0.2) is 34.1 Å². The summed E-state index contributed by atoms with van der Waals surface area (Å²) in [7, 11) is -3.73. The van der Waals surface area contributed by atoms with Crippen LogP contribution < -0.4 is 9.62 Å². The highest BCUT2D eigenvalue weighted by molar-refractivity contribution is 7.92. The Kier molecular flexibility index (Phi) is 4.99. The van der Waals surface area contributed by atoms with E-state index in [1.165, 1.54) is 12.1 Å². The second-order valence-corrected chi connectivity index (χ2v) is 7.78. The molecule has 1 saturated heterocycles. The Morgan fingerprint density at radius 2 is 1.88 bits per heavy atom. The van der Waals surface area contributed by atoms with Crippen LogP contribution in [0.15, 0.2) is 47.4 Å². The van der Waals surface area contributed by atoms with Crippen LogP contribution in [0, 0.1) is 6.92 Å². The van der Waals surface area contributed by atoms with E-state index in [9.17, 15) is 13.2 Å². The molecule has 8 heteroatoms. The number of aryl methyl sites for hydroxylation is 1. The molecule has 0 saturated carbocycles. The van der Waals surface area contributed by atoms with E-state index in [0.29, 0.717) is 29.5 Å². The smallest absolute Gasteiger partial charge is 0.261 e. The van der Waals surface area contributed by atoms with Crippen molar-refractivity contribution in [2.45, 2.75) is 11.8 Å². The zero-order valence-electron chi connectivity index (χ0n) is 13.5. The fourth-order valence-corrected chi connectivity index (χ4v) is 3.90. The number of benzene rings is 2. The van der Waals surface area contributed by atoms with E-state index in [4.69, 9.17) is 16.3 Å². The number of anilines is 2. The van der Waals surface area contributed by atoms with E-state index < -0.39 is 10.0 Å². The summed E-state index contributed by atoms with van der Waals surface area (Å²) in [6.07, 6.45) is 0. The molecule has 0 aromatic heterocycles. The first-order valence-corrected chi connectivity index (χ1v) is 9.50. The van der Waals surface area contributed by atoms with Crippen LogP contribution in [0.4, 0.5) is 11.4 Å². The minimum Gasteiger partial charge on any atom is -0.370 e. The first kappa shape index (κ1) is 17.7. The van der Waals surface area contributed by atoms with Gasteiger partial charge in [0.15, 0.2) is 0 Å². The minimum absolute atomic E-state index is 0.0391. The number of hydrogen-bond acceptors (Lipinski definition) is 4. The van der Waals surface area contributed by atoms with Crippen molar-refractivity contribution in [3.05, 3.63) is 53.1 Å². The van der Waals surface area contributed by atoms with Gasteiger partial charge in [0.05, 0.1) is 17.2 Å². The van der Waals surface area contributed by atoms with Crippen LogP contribution >= 0.6 is 11.6 Å². The summed E-state index contributed by atoms with van der Waals surface area (Å²) in [6, 6.07) is 11.1. The number of nitrogens with zero attached hydrogens (tertiary/aromatic N) is 1. The van der Waals surface area contributed by atoms with Crippen molar-refractivity contribution in [2.75, 3.05) is 29.4 Å². The molecule has 25 heavy (non-hydrogen) atoms. The van der Waals surface area contributed by atoms with E-state index in [1.807, 2.05) is 0 Å². The molecule has 1 fully saturated rings. The van der Waals surface area contributed by atoms with Crippen LogP contribution in [0.25, 0.3) is 0 Å². The number of carbonyl (C=O) groups excluding carboxylic acids is 1. The zero-order valence-corrected chi connectivity index (χ0v) is 15.1. The van der Waals surface area contributed by atoms with Gasteiger partial charge in [0.1, 0.15) is 6.61 Å². The molecule has 0 spiro atoms. The van der Waals surface area contributed by atoms with E-state index in [2.05, 4.69) is 4.72 Å². The Balaban J connectivity index is 1.81. The van der Waals surface area contributed by atoms with Gasteiger partial charge in [-0.05, 0) is 55.0 Å². The summed E-state index contributed by atoms with van der Waals surface area (Å²) in [5.41, 5.74) is 1.85. The average Bonchev–Trinajstić information content (AvgIpc) is 2.58. The summed E-state index contributed by atoms with van der Waals surface area (Å²) in [4.78, 5) is 13.5. The molecule has 6 nitrogen and oxygen atoms in total. The van der Waals surface area contributed by atoms with Gasteiger partial charge in [0, 0.05) is 17.3 Å². The number of halogens is 1. The van der Waals surface area contributed by atoms with Crippen molar-refractivity contribution in [2.24, 2.45) is 0 Å². The predicted octanol–water partition coefficient (Wildman–Crippen LogP) is 2.81. The molecule has 0 aliphatic carbocycles. The summed E-state index contributed by atoms with van der Waals surface area (Å²) in [5, 5.41) is 0.542. The zero-order chi connectivity index (χ0) is 18.0. The molecule has 132 valence electrons. The molecule has 1 amide bonds. The van der Waals surface area contributed by atoms with E-state index in [0.717, 1.165) is 5.56 Å². The number of morpholine rings is 1.